The summed E-state index contributed by atoms with van der Waals surface area (Å²) in [4.78, 5) is 18.8. The molecular formula is C17H24N4O3S. The number of nitrogens with one attached hydrogen (secondary N) is 2. The van der Waals surface area contributed by atoms with E-state index in [9.17, 15) is 13.2 Å². The summed E-state index contributed by atoms with van der Waals surface area (Å²) in [6.45, 7) is 3.01. The lowest BCUT2D eigenvalue weighted by Gasteiger charge is -2.16. The summed E-state index contributed by atoms with van der Waals surface area (Å²) in [5, 5.41) is 3.16. The smallest absolute Gasteiger partial charge is 0.263 e. The Labute approximate surface area is 148 Å². The van der Waals surface area contributed by atoms with Crippen LogP contribution in [0, 0.1) is 5.92 Å². The molecule has 3 rings (SSSR count). The van der Waals surface area contributed by atoms with Crippen molar-refractivity contribution in [1.29, 1.82) is 0 Å². The Balaban J connectivity index is 1.51. The topological polar surface area (TPSA) is 90.9 Å². The second kappa shape index (κ2) is 7.53. The number of hydrogen-bond acceptors (Lipinski definition) is 5. The van der Waals surface area contributed by atoms with Crippen molar-refractivity contribution >= 4 is 21.8 Å². The highest BCUT2D eigenvalue weighted by Crippen LogP contribution is 2.22. The average molecular weight is 364 g/mol. The van der Waals surface area contributed by atoms with Crippen molar-refractivity contribution in [3.8, 4) is 0 Å². The number of nitrogens with zero attached hydrogens (tertiary/aromatic N) is 2. The molecule has 25 heavy (non-hydrogen) atoms. The van der Waals surface area contributed by atoms with E-state index in [0.717, 1.165) is 26.1 Å². The molecule has 0 bridgehead atoms. The van der Waals surface area contributed by atoms with E-state index in [1.54, 1.807) is 24.3 Å². The lowest BCUT2D eigenvalue weighted by atomic mass is 10.1. The minimum absolute atomic E-state index is 0.159. The molecule has 1 aromatic carbocycles. The molecule has 1 amide bonds. The fraction of sp³-hybridized carbons (Fsp3) is 0.529. The molecule has 1 atom stereocenters. The SMILES string of the molecule is CNCC1CCN(C(=O)CCCN=C2NS(=O)(=O)c3ccccc32)C1. The number of fused-ring (bicyclic) bond motifs is 1. The largest absolute Gasteiger partial charge is 0.342 e. The zero-order chi connectivity index (χ0) is 17.9. The first-order valence-corrected chi connectivity index (χ1v) is 10.1. The van der Waals surface area contributed by atoms with Gasteiger partial charge in [0.05, 0.1) is 4.90 Å². The summed E-state index contributed by atoms with van der Waals surface area (Å²) in [6.07, 6.45) is 2.10. The predicted molar refractivity (Wildman–Crippen MR) is 96.0 cm³/mol. The Morgan fingerprint density at radius 3 is 3.00 bits per heavy atom. The van der Waals surface area contributed by atoms with Crippen LogP contribution in [0.1, 0.15) is 24.8 Å². The minimum Gasteiger partial charge on any atom is -0.342 e. The molecular weight excluding hydrogens is 340 g/mol. The Morgan fingerprint density at radius 2 is 2.20 bits per heavy atom. The quantitative estimate of drug-likeness (QED) is 0.722. The van der Waals surface area contributed by atoms with Gasteiger partial charge in [-0.2, -0.15) is 0 Å². The monoisotopic (exact) mass is 364 g/mol. The van der Waals surface area contributed by atoms with Gasteiger partial charge in [0.1, 0.15) is 5.84 Å². The Hall–Kier alpha value is -1.93. The lowest BCUT2D eigenvalue weighted by molar-refractivity contribution is -0.130. The van der Waals surface area contributed by atoms with Crippen molar-refractivity contribution in [1.82, 2.24) is 14.9 Å². The third kappa shape index (κ3) is 4.01. The summed E-state index contributed by atoms with van der Waals surface area (Å²) >= 11 is 0. The van der Waals surface area contributed by atoms with Gasteiger partial charge < -0.3 is 10.2 Å². The number of sulfonamides is 1. The van der Waals surface area contributed by atoms with E-state index in [1.807, 2.05) is 11.9 Å². The van der Waals surface area contributed by atoms with Gasteiger partial charge in [0.15, 0.2) is 0 Å². The first-order chi connectivity index (χ1) is 12.0. The molecule has 2 aliphatic rings. The normalized spacial score (nSPS) is 22.8. The fourth-order valence-electron chi connectivity index (χ4n) is 3.35. The summed E-state index contributed by atoms with van der Waals surface area (Å²) in [5.41, 5.74) is 0.600. The van der Waals surface area contributed by atoms with Crippen LogP contribution in [0.4, 0.5) is 0 Å². The molecule has 2 heterocycles. The highest BCUT2D eigenvalue weighted by Gasteiger charge is 2.30. The van der Waals surface area contributed by atoms with Crippen molar-refractivity contribution in [2.75, 3.05) is 33.2 Å². The summed E-state index contributed by atoms with van der Waals surface area (Å²) in [5.74, 6) is 1.07. The Bertz CT molecular complexity index is 776. The van der Waals surface area contributed by atoms with E-state index in [0.29, 0.717) is 36.7 Å². The van der Waals surface area contributed by atoms with Gasteiger partial charge in [0, 0.05) is 31.6 Å². The van der Waals surface area contributed by atoms with Crippen LogP contribution < -0.4 is 10.0 Å². The molecule has 1 saturated heterocycles. The van der Waals surface area contributed by atoms with Gasteiger partial charge in [-0.05, 0) is 44.5 Å². The molecule has 136 valence electrons. The molecule has 2 aliphatic heterocycles. The predicted octanol–water partition coefficient (Wildman–Crippen LogP) is 0.573. The van der Waals surface area contributed by atoms with E-state index in [2.05, 4.69) is 15.0 Å². The van der Waals surface area contributed by atoms with Crippen molar-refractivity contribution in [2.45, 2.75) is 24.2 Å². The number of amidine groups is 1. The van der Waals surface area contributed by atoms with Crippen LogP contribution in [-0.2, 0) is 14.8 Å². The molecule has 0 radical (unpaired) electrons. The number of aliphatic imine (C=N–C) groups is 1. The Morgan fingerprint density at radius 1 is 1.40 bits per heavy atom. The second-order valence-electron chi connectivity index (χ2n) is 6.49. The zero-order valence-electron chi connectivity index (χ0n) is 14.4. The van der Waals surface area contributed by atoms with E-state index in [1.165, 1.54) is 0 Å². The number of rotatable bonds is 6. The first kappa shape index (κ1) is 17.9. The summed E-state index contributed by atoms with van der Waals surface area (Å²) in [6, 6.07) is 6.79. The van der Waals surface area contributed by atoms with Crippen molar-refractivity contribution in [3.05, 3.63) is 29.8 Å². The highest BCUT2D eigenvalue weighted by molar-refractivity contribution is 7.90. The van der Waals surface area contributed by atoms with Gasteiger partial charge in [0.25, 0.3) is 10.0 Å². The van der Waals surface area contributed by atoms with E-state index >= 15 is 0 Å². The molecule has 0 saturated carbocycles. The van der Waals surface area contributed by atoms with Gasteiger partial charge in [-0.25, -0.2) is 8.42 Å². The number of hydrogen-bond donors (Lipinski definition) is 2. The Kier molecular flexibility index (Phi) is 5.39. The molecule has 7 nitrogen and oxygen atoms in total. The zero-order valence-corrected chi connectivity index (χ0v) is 15.2. The molecule has 2 N–H and O–H groups in total. The van der Waals surface area contributed by atoms with E-state index in [-0.39, 0.29) is 10.8 Å². The van der Waals surface area contributed by atoms with Crippen LogP contribution >= 0.6 is 0 Å². The second-order valence-corrected chi connectivity index (χ2v) is 8.14. The third-order valence-electron chi connectivity index (χ3n) is 4.61. The summed E-state index contributed by atoms with van der Waals surface area (Å²) in [7, 11) is -1.57. The van der Waals surface area contributed by atoms with Crippen LogP contribution in [0.3, 0.4) is 0 Å². The van der Waals surface area contributed by atoms with Crippen LogP contribution in [0.2, 0.25) is 0 Å². The number of carbonyl (C=O) groups is 1. The van der Waals surface area contributed by atoms with Crippen molar-refractivity contribution < 1.29 is 13.2 Å². The average Bonchev–Trinajstić information content (AvgIpc) is 3.15. The maximum absolute atomic E-state index is 12.2. The van der Waals surface area contributed by atoms with Crippen LogP contribution in [0.15, 0.2) is 34.2 Å². The van der Waals surface area contributed by atoms with Crippen LogP contribution in [0.25, 0.3) is 0 Å². The van der Waals surface area contributed by atoms with Crippen molar-refractivity contribution in [2.24, 2.45) is 10.9 Å². The van der Waals surface area contributed by atoms with Gasteiger partial charge in [-0.15, -0.1) is 0 Å². The number of benzene rings is 1. The maximum Gasteiger partial charge on any atom is 0.263 e. The molecule has 1 aromatic rings. The number of carbonyl (C=O) groups excluding carboxylic acids is 1. The van der Waals surface area contributed by atoms with Gasteiger partial charge >= 0.3 is 0 Å². The third-order valence-corrected chi connectivity index (χ3v) is 6.01. The molecule has 8 heteroatoms. The fourth-order valence-corrected chi connectivity index (χ4v) is 4.60. The molecule has 0 aromatic heterocycles. The van der Waals surface area contributed by atoms with E-state index < -0.39 is 10.0 Å². The first-order valence-electron chi connectivity index (χ1n) is 8.60. The highest BCUT2D eigenvalue weighted by atomic mass is 32.2. The van der Waals surface area contributed by atoms with Crippen LogP contribution in [-0.4, -0.2) is 58.3 Å². The summed E-state index contributed by atoms with van der Waals surface area (Å²) < 4.78 is 26.5. The number of amides is 1. The standard InChI is InChI=1S/C17H24N4O3S/c1-18-11-13-8-10-21(12-13)16(22)7-4-9-19-17-14-5-2-3-6-15(14)25(23,24)20-17/h2-3,5-6,13,18H,4,7-12H2,1H3,(H,19,20). The molecule has 1 unspecified atom stereocenters. The molecule has 0 spiro atoms. The van der Waals surface area contributed by atoms with Crippen molar-refractivity contribution in [3.63, 3.8) is 0 Å². The lowest BCUT2D eigenvalue weighted by Crippen LogP contribution is -2.30. The van der Waals surface area contributed by atoms with Gasteiger partial charge in [-0.1, -0.05) is 12.1 Å². The van der Waals surface area contributed by atoms with E-state index in [4.69, 9.17) is 0 Å². The molecule has 0 aliphatic carbocycles. The minimum atomic E-state index is -3.49. The maximum atomic E-state index is 12.2. The van der Waals surface area contributed by atoms with Gasteiger partial charge in [0.2, 0.25) is 5.91 Å². The molecule has 1 fully saturated rings. The van der Waals surface area contributed by atoms with Crippen LogP contribution in [0.5, 0.6) is 0 Å². The number of likely N-dealkylation sites (tertiary alicyclic amines) is 1. The van der Waals surface area contributed by atoms with Gasteiger partial charge in [-0.3, -0.25) is 14.5 Å².